The molecule has 1 aromatic heterocycles. The van der Waals surface area contributed by atoms with E-state index < -0.39 is 0 Å². The molecule has 180 valence electrons. The zero-order valence-corrected chi connectivity index (χ0v) is 20.8. The van der Waals surface area contributed by atoms with Crippen molar-refractivity contribution in [2.75, 3.05) is 33.2 Å². The third-order valence-electron chi connectivity index (χ3n) is 6.23. The van der Waals surface area contributed by atoms with Gasteiger partial charge in [0.2, 0.25) is 5.75 Å². The summed E-state index contributed by atoms with van der Waals surface area (Å²) in [4.78, 5) is 17.8. The standard InChI is InChI=1S/C26H29FN2O4S/c1-6-19-15(2)34-25-20(19)11-12-29(23(25)16-7-9-17(27)10-8-16)26(30)28-18-13-21(31-3)24(33-5)22(14-18)32-4/h7-10,13-14,23H,6,11-12H2,1-5H3,(H,28,30). The molecule has 1 aliphatic heterocycles. The number of aryl methyl sites for hydroxylation is 1. The molecule has 2 heterocycles. The molecule has 34 heavy (non-hydrogen) atoms. The van der Waals surface area contributed by atoms with Crippen LogP contribution in [0.1, 0.15) is 39.4 Å². The van der Waals surface area contributed by atoms with E-state index in [1.165, 1.54) is 49.5 Å². The van der Waals surface area contributed by atoms with Crippen LogP contribution in [0.3, 0.4) is 0 Å². The maximum Gasteiger partial charge on any atom is 0.322 e. The number of methoxy groups -OCH3 is 3. The molecule has 0 saturated heterocycles. The third kappa shape index (κ3) is 4.30. The Morgan fingerprint density at radius 2 is 1.76 bits per heavy atom. The number of carbonyl (C=O) groups is 1. The largest absolute Gasteiger partial charge is 0.493 e. The summed E-state index contributed by atoms with van der Waals surface area (Å²) in [5.41, 5.74) is 4.08. The quantitative estimate of drug-likeness (QED) is 0.469. The molecule has 1 unspecified atom stereocenters. The second-order valence-electron chi connectivity index (χ2n) is 8.07. The summed E-state index contributed by atoms with van der Waals surface area (Å²) in [5, 5.41) is 2.99. The smallest absolute Gasteiger partial charge is 0.322 e. The first kappa shape index (κ1) is 23.9. The van der Waals surface area contributed by atoms with Gasteiger partial charge < -0.3 is 24.4 Å². The maximum atomic E-state index is 13.7. The Hall–Kier alpha value is -3.26. The summed E-state index contributed by atoms with van der Waals surface area (Å²) < 4.78 is 29.9. The van der Waals surface area contributed by atoms with Gasteiger partial charge in [0.25, 0.3) is 0 Å². The Morgan fingerprint density at radius 1 is 1.12 bits per heavy atom. The minimum Gasteiger partial charge on any atom is -0.493 e. The van der Waals surface area contributed by atoms with Crippen LogP contribution < -0.4 is 19.5 Å². The molecule has 0 fully saturated rings. The molecule has 1 aliphatic rings. The van der Waals surface area contributed by atoms with E-state index >= 15 is 0 Å². The fourth-order valence-corrected chi connectivity index (χ4v) is 6.10. The summed E-state index contributed by atoms with van der Waals surface area (Å²) in [5.74, 6) is 1.06. The van der Waals surface area contributed by atoms with Crippen molar-refractivity contribution in [1.29, 1.82) is 0 Å². The zero-order chi connectivity index (χ0) is 24.4. The SMILES string of the molecule is CCc1c(C)sc2c1CCN(C(=O)Nc1cc(OC)c(OC)c(OC)c1)C2c1ccc(F)cc1. The van der Waals surface area contributed by atoms with Crippen molar-refractivity contribution in [2.45, 2.75) is 32.7 Å². The average Bonchev–Trinajstić information content (AvgIpc) is 3.18. The van der Waals surface area contributed by atoms with Crippen molar-refractivity contribution in [3.05, 3.63) is 68.7 Å². The predicted molar refractivity (Wildman–Crippen MR) is 132 cm³/mol. The average molecular weight is 485 g/mol. The van der Waals surface area contributed by atoms with Crippen molar-refractivity contribution in [3.8, 4) is 17.2 Å². The van der Waals surface area contributed by atoms with Crippen molar-refractivity contribution in [3.63, 3.8) is 0 Å². The normalized spacial score (nSPS) is 15.0. The summed E-state index contributed by atoms with van der Waals surface area (Å²) in [6.45, 7) is 4.84. The van der Waals surface area contributed by atoms with Gasteiger partial charge >= 0.3 is 6.03 Å². The van der Waals surface area contributed by atoms with Crippen molar-refractivity contribution < 1.29 is 23.4 Å². The van der Waals surface area contributed by atoms with Crippen molar-refractivity contribution in [2.24, 2.45) is 0 Å². The summed E-state index contributed by atoms with van der Waals surface area (Å²) in [7, 11) is 4.60. The van der Waals surface area contributed by atoms with Gasteiger partial charge in [-0.3, -0.25) is 0 Å². The van der Waals surface area contributed by atoms with Crippen LogP contribution in [0.25, 0.3) is 0 Å². The number of thiophene rings is 1. The highest BCUT2D eigenvalue weighted by Gasteiger charge is 2.35. The van der Waals surface area contributed by atoms with Gasteiger partial charge in [0.1, 0.15) is 5.82 Å². The molecule has 2 amide bonds. The molecule has 0 radical (unpaired) electrons. The predicted octanol–water partition coefficient (Wildman–Crippen LogP) is 5.96. The lowest BCUT2D eigenvalue weighted by Gasteiger charge is -2.36. The van der Waals surface area contributed by atoms with Crippen LogP contribution in [0.4, 0.5) is 14.9 Å². The molecule has 4 rings (SSSR count). The Labute approximate surface area is 203 Å². The van der Waals surface area contributed by atoms with Gasteiger partial charge in [-0.05, 0) is 48.6 Å². The summed E-state index contributed by atoms with van der Waals surface area (Å²) in [6.07, 6.45) is 1.73. The molecule has 2 aromatic carbocycles. The number of anilines is 1. The van der Waals surface area contributed by atoms with Crippen LogP contribution in [-0.4, -0.2) is 38.8 Å². The van der Waals surface area contributed by atoms with Gasteiger partial charge in [-0.2, -0.15) is 0 Å². The molecular formula is C26H29FN2O4S. The summed E-state index contributed by atoms with van der Waals surface area (Å²) in [6, 6.07) is 9.26. The molecule has 8 heteroatoms. The van der Waals surface area contributed by atoms with Gasteiger partial charge in [0.05, 0.1) is 33.1 Å². The highest BCUT2D eigenvalue weighted by molar-refractivity contribution is 7.12. The number of benzene rings is 2. The fraction of sp³-hybridized carbons (Fsp3) is 0.346. The lowest BCUT2D eigenvalue weighted by Crippen LogP contribution is -2.42. The second-order valence-corrected chi connectivity index (χ2v) is 9.33. The monoisotopic (exact) mass is 484 g/mol. The van der Waals surface area contributed by atoms with E-state index in [0.29, 0.717) is 29.5 Å². The van der Waals surface area contributed by atoms with E-state index in [4.69, 9.17) is 14.2 Å². The molecule has 6 nitrogen and oxygen atoms in total. The van der Waals surface area contributed by atoms with Crippen LogP contribution in [0.15, 0.2) is 36.4 Å². The maximum absolute atomic E-state index is 13.7. The van der Waals surface area contributed by atoms with Gasteiger partial charge in [-0.15, -0.1) is 11.3 Å². The van der Waals surface area contributed by atoms with Gasteiger partial charge in [0, 0.05) is 28.4 Å². The first-order valence-electron chi connectivity index (χ1n) is 11.2. The minimum absolute atomic E-state index is 0.252. The lowest BCUT2D eigenvalue weighted by molar-refractivity contribution is 0.195. The third-order valence-corrected chi connectivity index (χ3v) is 7.47. The molecule has 1 atom stereocenters. The topological polar surface area (TPSA) is 60.0 Å². The van der Waals surface area contributed by atoms with Crippen molar-refractivity contribution >= 4 is 23.1 Å². The van der Waals surface area contributed by atoms with Gasteiger partial charge in [-0.1, -0.05) is 19.1 Å². The number of hydrogen-bond acceptors (Lipinski definition) is 5. The number of nitrogens with zero attached hydrogens (tertiary/aromatic N) is 1. The number of halogens is 1. The molecule has 3 aromatic rings. The molecule has 1 N–H and O–H groups in total. The number of hydrogen-bond donors (Lipinski definition) is 1. The van der Waals surface area contributed by atoms with E-state index in [1.807, 2.05) is 4.90 Å². The highest BCUT2D eigenvalue weighted by atomic mass is 32.1. The molecule has 0 aliphatic carbocycles. The van der Waals surface area contributed by atoms with Crippen LogP contribution in [0, 0.1) is 12.7 Å². The number of amides is 2. The summed E-state index contributed by atoms with van der Waals surface area (Å²) >= 11 is 1.72. The molecular weight excluding hydrogens is 455 g/mol. The number of carbonyl (C=O) groups excluding carboxylic acids is 1. The lowest BCUT2D eigenvalue weighted by atomic mass is 9.92. The Morgan fingerprint density at radius 3 is 2.32 bits per heavy atom. The highest BCUT2D eigenvalue weighted by Crippen LogP contribution is 2.44. The molecule has 0 spiro atoms. The van der Waals surface area contributed by atoms with E-state index in [1.54, 1.807) is 35.6 Å². The molecule has 0 saturated carbocycles. The van der Waals surface area contributed by atoms with Gasteiger partial charge in [0.15, 0.2) is 11.5 Å². The zero-order valence-electron chi connectivity index (χ0n) is 20.0. The number of nitrogens with one attached hydrogen (secondary N) is 1. The number of ether oxygens (including phenoxy) is 3. The van der Waals surface area contributed by atoms with Gasteiger partial charge in [-0.25, -0.2) is 9.18 Å². The Kier molecular flexibility index (Phi) is 6.97. The molecule has 0 bridgehead atoms. The van der Waals surface area contributed by atoms with Crippen molar-refractivity contribution in [1.82, 2.24) is 4.90 Å². The Bertz CT molecular complexity index is 1170. The van der Waals surface area contributed by atoms with E-state index in [-0.39, 0.29) is 17.9 Å². The van der Waals surface area contributed by atoms with Crippen LogP contribution in [0.5, 0.6) is 17.2 Å². The fourth-order valence-electron chi connectivity index (χ4n) is 4.65. The number of urea groups is 1. The Balaban J connectivity index is 1.72. The van der Waals surface area contributed by atoms with E-state index in [0.717, 1.165) is 23.3 Å². The minimum atomic E-state index is -0.301. The van der Waals surface area contributed by atoms with Crippen LogP contribution in [0.2, 0.25) is 0 Å². The number of fused-ring (bicyclic) bond motifs is 1. The number of rotatable bonds is 6. The van der Waals surface area contributed by atoms with E-state index in [9.17, 15) is 9.18 Å². The first-order chi connectivity index (χ1) is 16.4. The first-order valence-corrected chi connectivity index (χ1v) is 12.0. The van der Waals surface area contributed by atoms with E-state index in [2.05, 4.69) is 19.2 Å². The van der Waals surface area contributed by atoms with Crippen LogP contribution in [-0.2, 0) is 12.8 Å². The second kappa shape index (κ2) is 9.93. The van der Waals surface area contributed by atoms with Crippen LogP contribution >= 0.6 is 11.3 Å².